The number of nitrogens with one attached hydrogen (secondary N) is 1. The molecule has 0 bridgehead atoms. The van der Waals surface area contributed by atoms with Gasteiger partial charge in [0.05, 0.1) is 13.2 Å². The number of benzene rings is 2. The third-order valence-corrected chi connectivity index (χ3v) is 6.08. The van der Waals surface area contributed by atoms with Crippen molar-refractivity contribution in [3.8, 4) is 0 Å². The van der Waals surface area contributed by atoms with Gasteiger partial charge in [-0.05, 0) is 41.7 Å². The van der Waals surface area contributed by atoms with Crippen molar-refractivity contribution in [2.24, 2.45) is 11.8 Å². The van der Waals surface area contributed by atoms with E-state index in [9.17, 15) is 4.57 Å². The van der Waals surface area contributed by atoms with E-state index in [1.807, 2.05) is 70.2 Å². The maximum Gasteiger partial charge on any atom is 0.357 e. The topological polar surface area (TPSA) is 47.6 Å². The fourth-order valence-electron chi connectivity index (χ4n) is 2.37. The van der Waals surface area contributed by atoms with Crippen molar-refractivity contribution < 1.29 is 13.6 Å². The average Bonchev–Trinajstić information content (AvgIpc) is 2.64. The maximum atomic E-state index is 13.9. The molecule has 2 rings (SSSR count). The maximum absolute atomic E-state index is 13.9. The Morgan fingerprint density at radius 3 is 1.89 bits per heavy atom. The molecule has 0 amide bonds. The van der Waals surface area contributed by atoms with E-state index < -0.39 is 13.4 Å². The molecule has 27 heavy (non-hydrogen) atoms. The minimum absolute atomic E-state index is 0.239. The highest BCUT2D eigenvalue weighted by Crippen LogP contribution is 2.61. The lowest BCUT2D eigenvalue weighted by atomic mass is 10.2. The molecule has 0 aromatic heterocycles. The summed E-state index contributed by atoms with van der Waals surface area (Å²) in [6.45, 7) is 8.80. The van der Waals surface area contributed by atoms with Crippen LogP contribution in [-0.2, 0) is 13.6 Å². The third-order valence-electron chi connectivity index (χ3n) is 3.75. The van der Waals surface area contributed by atoms with E-state index in [2.05, 4.69) is 5.32 Å². The molecule has 0 unspecified atom stereocenters. The van der Waals surface area contributed by atoms with Crippen molar-refractivity contribution in [3.63, 3.8) is 0 Å². The van der Waals surface area contributed by atoms with Gasteiger partial charge in [-0.25, -0.2) is 0 Å². The summed E-state index contributed by atoms with van der Waals surface area (Å²) in [7, 11) is -3.49. The molecule has 0 saturated heterocycles. The van der Waals surface area contributed by atoms with Crippen molar-refractivity contribution in [3.05, 3.63) is 65.2 Å². The number of para-hydroxylation sites is 1. The zero-order valence-corrected chi connectivity index (χ0v) is 18.0. The second-order valence-electron chi connectivity index (χ2n) is 7.38. The highest BCUT2D eigenvalue weighted by molar-refractivity contribution is 7.54. The van der Waals surface area contributed by atoms with E-state index >= 15 is 0 Å². The van der Waals surface area contributed by atoms with Crippen LogP contribution in [-0.4, -0.2) is 13.2 Å². The fourth-order valence-corrected chi connectivity index (χ4v) is 4.73. The van der Waals surface area contributed by atoms with Crippen LogP contribution < -0.4 is 5.32 Å². The predicted octanol–water partition coefficient (Wildman–Crippen LogP) is 6.99. The molecule has 0 spiro atoms. The second kappa shape index (κ2) is 10.3. The standard InChI is InChI=1S/C21H29ClNO3P/c1-16(2)14-25-27(24,26-15-17(3)4)21(18-10-12-19(22)13-11-18)23-20-8-6-5-7-9-20/h5-13,16-17,21,23H,14-15H2,1-4H3/t21-/m1/s1. The molecule has 1 N–H and O–H groups in total. The Morgan fingerprint density at radius 2 is 1.41 bits per heavy atom. The Bertz CT molecular complexity index is 719. The van der Waals surface area contributed by atoms with Gasteiger partial charge in [-0.15, -0.1) is 0 Å². The van der Waals surface area contributed by atoms with Gasteiger partial charge >= 0.3 is 7.60 Å². The van der Waals surface area contributed by atoms with Crippen LogP contribution in [0.15, 0.2) is 54.6 Å². The first-order valence-electron chi connectivity index (χ1n) is 9.26. The van der Waals surface area contributed by atoms with E-state index in [4.69, 9.17) is 20.6 Å². The van der Waals surface area contributed by atoms with Crippen LogP contribution in [0.25, 0.3) is 0 Å². The summed E-state index contributed by atoms with van der Waals surface area (Å²) in [6.07, 6.45) is 0. The molecule has 0 aliphatic heterocycles. The summed E-state index contributed by atoms with van der Waals surface area (Å²) in [5, 5.41) is 3.97. The number of hydrogen-bond donors (Lipinski definition) is 1. The molecule has 0 heterocycles. The van der Waals surface area contributed by atoms with Crippen LogP contribution in [0.5, 0.6) is 0 Å². The number of anilines is 1. The first-order valence-corrected chi connectivity index (χ1v) is 11.2. The molecular weight excluding hydrogens is 381 g/mol. The predicted molar refractivity (Wildman–Crippen MR) is 113 cm³/mol. The van der Waals surface area contributed by atoms with Gasteiger partial charge in [-0.1, -0.05) is 69.6 Å². The number of halogens is 1. The van der Waals surface area contributed by atoms with Crippen LogP contribution in [0.2, 0.25) is 5.02 Å². The van der Waals surface area contributed by atoms with Gasteiger partial charge in [0.25, 0.3) is 0 Å². The normalized spacial score (nSPS) is 13.1. The molecule has 0 saturated carbocycles. The van der Waals surface area contributed by atoms with E-state index in [1.165, 1.54) is 0 Å². The molecule has 148 valence electrons. The molecule has 6 heteroatoms. The van der Waals surface area contributed by atoms with Gasteiger partial charge in [0.1, 0.15) is 0 Å². The quantitative estimate of drug-likeness (QED) is 0.429. The van der Waals surface area contributed by atoms with Gasteiger partial charge < -0.3 is 14.4 Å². The van der Waals surface area contributed by atoms with Crippen LogP contribution in [0.3, 0.4) is 0 Å². The summed E-state index contributed by atoms with van der Waals surface area (Å²) in [4.78, 5) is 0. The zero-order valence-electron chi connectivity index (χ0n) is 16.4. The summed E-state index contributed by atoms with van der Waals surface area (Å²) in [5.41, 5.74) is 1.65. The lowest BCUT2D eigenvalue weighted by Crippen LogP contribution is -2.18. The van der Waals surface area contributed by atoms with Crippen molar-refractivity contribution in [1.29, 1.82) is 0 Å². The average molecular weight is 410 g/mol. The Balaban J connectivity index is 2.40. The second-order valence-corrected chi connectivity index (χ2v) is 9.93. The fraction of sp³-hybridized carbons (Fsp3) is 0.429. The molecule has 1 atom stereocenters. The molecule has 0 fully saturated rings. The molecule has 0 radical (unpaired) electrons. The summed E-state index contributed by atoms with van der Waals surface area (Å²) in [5.74, 6) is -0.151. The van der Waals surface area contributed by atoms with Crippen molar-refractivity contribution in [2.45, 2.75) is 33.5 Å². The highest BCUT2D eigenvalue weighted by atomic mass is 35.5. The summed E-state index contributed by atoms with van der Waals surface area (Å²) in [6, 6.07) is 16.9. The highest BCUT2D eigenvalue weighted by Gasteiger charge is 2.38. The largest absolute Gasteiger partial charge is 0.368 e. The smallest absolute Gasteiger partial charge is 0.357 e. The molecular formula is C21H29ClNO3P. The lowest BCUT2D eigenvalue weighted by Gasteiger charge is -2.30. The van der Waals surface area contributed by atoms with Gasteiger partial charge in [0.15, 0.2) is 5.78 Å². The van der Waals surface area contributed by atoms with Gasteiger partial charge in [-0.3, -0.25) is 4.57 Å². The van der Waals surface area contributed by atoms with Crippen molar-refractivity contribution in [2.75, 3.05) is 18.5 Å². The van der Waals surface area contributed by atoms with Crippen molar-refractivity contribution >= 4 is 24.9 Å². The van der Waals surface area contributed by atoms with Gasteiger partial charge in [0.2, 0.25) is 0 Å². The van der Waals surface area contributed by atoms with E-state index in [1.54, 1.807) is 12.1 Å². The molecule has 4 nitrogen and oxygen atoms in total. The minimum Gasteiger partial charge on any atom is -0.368 e. The Morgan fingerprint density at radius 1 is 0.889 bits per heavy atom. The number of rotatable bonds is 10. The Hall–Kier alpha value is -1.32. The third kappa shape index (κ3) is 6.97. The van der Waals surface area contributed by atoms with Gasteiger partial charge in [-0.2, -0.15) is 0 Å². The first kappa shape index (κ1) is 22.0. The van der Waals surface area contributed by atoms with Crippen LogP contribution in [0.4, 0.5) is 5.69 Å². The van der Waals surface area contributed by atoms with Crippen molar-refractivity contribution in [1.82, 2.24) is 0 Å². The summed E-state index contributed by atoms with van der Waals surface area (Å²) >= 11 is 6.04. The first-order chi connectivity index (χ1) is 12.8. The SMILES string of the molecule is CC(C)COP(=O)(OCC(C)C)[C@@H](Nc1ccccc1)c1ccc(Cl)cc1. The van der Waals surface area contributed by atoms with Crippen LogP contribution in [0.1, 0.15) is 39.0 Å². The van der Waals surface area contributed by atoms with E-state index in [0.29, 0.717) is 18.2 Å². The van der Waals surface area contributed by atoms with Crippen LogP contribution in [0, 0.1) is 11.8 Å². The summed E-state index contributed by atoms with van der Waals surface area (Å²) < 4.78 is 25.7. The van der Waals surface area contributed by atoms with E-state index in [-0.39, 0.29) is 11.8 Å². The molecule has 0 aliphatic carbocycles. The Labute approximate surface area is 167 Å². The molecule has 2 aromatic rings. The molecule has 0 aliphatic rings. The lowest BCUT2D eigenvalue weighted by molar-refractivity contribution is 0.168. The van der Waals surface area contributed by atoms with E-state index in [0.717, 1.165) is 11.3 Å². The zero-order chi connectivity index (χ0) is 19.9. The number of hydrogen-bond acceptors (Lipinski definition) is 4. The minimum atomic E-state index is -3.49. The monoisotopic (exact) mass is 409 g/mol. The Kier molecular flexibility index (Phi) is 8.37. The molecule has 2 aromatic carbocycles. The van der Waals surface area contributed by atoms with Gasteiger partial charge in [0, 0.05) is 10.7 Å². The van der Waals surface area contributed by atoms with Crippen LogP contribution >= 0.6 is 19.2 Å².